The number of hydrogen-bond donors (Lipinski definition) is 1. The van der Waals surface area contributed by atoms with Gasteiger partial charge in [-0.2, -0.15) is 0 Å². The van der Waals surface area contributed by atoms with Gasteiger partial charge >= 0.3 is 0 Å². The van der Waals surface area contributed by atoms with Crippen LogP contribution in [-0.2, 0) is 9.59 Å². The first kappa shape index (κ1) is 11.5. The van der Waals surface area contributed by atoms with Gasteiger partial charge in [-0.25, -0.2) is 0 Å². The number of nitrogens with one attached hydrogen (secondary N) is 1. The Bertz CT molecular complexity index is 243. The number of likely N-dealkylation sites (tertiary alicyclic amines) is 1. The Labute approximate surface area is 92.2 Å². The van der Waals surface area contributed by atoms with Crippen molar-refractivity contribution < 1.29 is 9.59 Å². The summed E-state index contributed by atoms with van der Waals surface area (Å²) < 4.78 is 0. The molecule has 1 aliphatic rings. The third-order valence-electron chi connectivity index (χ3n) is 2.43. The second kappa shape index (κ2) is 4.77. The Kier molecular flexibility index (Phi) is 3.92. The van der Waals surface area contributed by atoms with Crippen molar-refractivity contribution in [2.45, 2.75) is 30.6 Å². The Morgan fingerprint density at radius 3 is 2.71 bits per heavy atom. The van der Waals surface area contributed by atoms with Gasteiger partial charge in [0.05, 0.1) is 4.83 Å². The van der Waals surface area contributed by atoms with Crippen molar-refractivity contribution in [2.75, 3.05) is 13.6 Å². The summed E-state index contributed by atoms with van der Waals surface area (Å²) in [6, 6.07) is -0.271. The average Bonchev–Trinajstić information content (AvgIpc) is 2.63. The molecule has 1 fully saturated rings. The standard InChI is InChI=1S/C9H15BrN2O2/c1-6(10)9(14)12-5-3-4-7(12)8(13)11-2/h6-7H,3-5H2,1-2H3,(H,11,13)/t6-,7+/m1/s1. The number of carbonyl (C=O) groups excluding carboxylic acids is 2. The number of carbonyl (C=O) groups is 2. The number of hydrogen-bond acceptors (Lipinski definition) is 2. The third-order valence-corrected chi connectivity index (χ3v) is 2.82. The van der Waals surface area contributed by atoms with Crippen molar-refractivity contribution in [3.05, 3.63) is 0 Å². The van der Waals surface area contributed by atoms with Crippen molar-refractivity contribution in [3.63, 3.8) is 0 Å². The van der Waals surface area contributed by atoms with Gasteiger partial charge in [-0.15, -0.1) is 0 Å². The molecule has 0 aromatic carbocycles. The van der Waals surface area contributed by atoms with Gasteiger partial charge in [0.1, 0.15) is 6.04 Å². The van der Waals surface area contributed by atoms with E-state index in [0.29, 0.717) is 6.54 Å². The zero-order chi connectivity index (χ0) is 10.7. The predicted octanol–water partition coefficient (Wildman–Crippen LogP) is 0.507. The van der Waals surface area contributed by atoms with Gasteiger partial charge in [0, 0.05) is 13.6 Å². The molecule has 0 bridgehead atoms. The smallest absolute Gasteiger partial charge is 0.242 e. The summed E-state index contributed by atoms with van der Waals surface area (Å²) in [7, 11) is 1.60. The van der Waals surface area contributed by atoms with E-state index < -0.39 is 0 Å². The Morgan fingerprint density at radius 1 is 1.57 bits per heavy atom. The lowest BCUT2D eigenvalue weighted by atomic mass is 10.2. The van der Waals surface area contributed by atoms with Crippen LogP contribution in [0.15, 0.2) is 0 Å². The maximum atomic E-state index is 11.7. The van der Waals surface area contributed by atoms with Crippen LogP contribution in [-0.4, -0.2) is 41.2 Å². The highest BCUT2D eigenvalue weighted by Crippen LogP contribution is 2.19. The second-order valence-electron chi connectivity index (χ2n) is 3.42. The lowest BCUT2D eigenvalue weighted by molar-refractivity contribution is -0.137. The topological polar surface area (TPSA) is 49.4 Å². The van der Waals surface area contributed by atoms with Crippen molar-refractivity contribution in [1.29, 1.82) is 0 Å². The molecule has 1 aliphatic heterocycles. The number of nitrogens with zero attached hydrogens (tertiary/aromatic N) is 1. The summed E-state index contributed by atoms with van der Waals surface area (Å²) >= 11 is 3.23. The van der Waals surface area contributed by atoms with Crippen molar-refractivity contribution in [2.24, 2.45) is 0 Å². The maximum Gasteiger partial charge on any atom is 0.242 e. The molecule has 5 heteroatoms. The Balaban J connectivity index is 2.68. The second-order valence-corrected chi connectivity index (χ2v) is 4.79. The molecular formula is C9H15BrN2O2. The van der Waals surface area contributed by atoms with E-state index in [0.717, 1.165) is 12.8 Å². The first-order valence-electron chi connectivity index (χ1n) is 4.74. The molecule has 2 amide bonds. The predicted molar refractivity (Wildman–Crippen MR) is 57.2 cm³/mol. The van der Waals surface area contributed by atoms with Crippen LogP contribution in [0.4, 0.5) is 0 Å². The number of alkyl halides is 1. The van der Waals surface area contributed by atoms with Gasteiger partial charge in [0.15, 0.2) is 0 Å². The van der Waals surface area contributed by atoms with E-state index in [1.54, 1.807) is 18.9 Å². The van der Waals surface area contributed by atoms with E-state index in [2.05, 4.69) is 21.2 Å². The molecular weight excluding hydrogens is 248 g/mol. The number of amides is 2. The molecule has 0 aliphatic carbocycles. The lowest BCUT2D eigenvalue weighted by Gasteiger charge is -2.24. The van der Waals surface area contributed by atoms with E-state index in [1.807, 2.05) is 0 Å². The summed E-state index contributed by atoms with van der Waals surface area (Å²) in [6.07, 6.45) is 1.68. The first-order chi connectivity index (χ1) is 6.57. The monoisotopic (exact) mass is 262 g/mol. The number of likely N-dealkylation sites (N-methyl/N-ethyl adjacent to an activating group) is 1. The van der Waals surface area contributed by atoms with E-state index in [1.165, 1.54) is 0 Å². The minimum Gasteiger partial charge on any atom is -0.357 e. The van der Waals surface area contributed by atoms with Crippen LogP contribution < -0.4 is 5.32 Å². The summed E-state index contributed by atoms with van der Waals surface area (Å²) in [4.78, 5) is 24.5. The van der Waals surface area contributed by atoms with Crippen molar-refractivity contribution >= 4 is 27.7 Å². The van der Waals surface area contributed by atoms with Crippen LogP contribution in [0.25, 0.3) is 0 Å². The van der Waals surface area contributed by atoms with Gasteiger partial charge in [-0.1, -0.05) is 15.9 Å². The van der Waals surface area contributed by atoms with Gasteiger partial charge in [-0.3, -0.25) is 9.59 Å². The van der Waals surface area contributed by atoms with Gasteiger partial charge < -0.3 is 10.2 Å². The fourth-order valence-corrected chi connectivity index (χ4v) is 1.96. The minimum absolute atomic E-state index is 0.00361. The van der Waals surface area contributed by atoms with Crippen LogP contribution in [0.1, 0.15) is 19.8 Å². The van der Waals surface area contributed by atoms with Crippen LogP contribution in [0.5, 0.6) is 0 Å². The quantitative estimate of drug-likeness (QED) is 0.738. The van der Waals surface area contributed by atoms with Gasteiger partial charge in [0.2, 0.25) is 11.8 Å². The molecule has 0 saturated carbocycles. The molecule has 0 aromatic heterocycles. The SMILES string of the molecule is CNC(=O)[C@@H]1CCCN1C(=O)[C@@H](C)Br. The molecule has 4 nitrogen and oxygen atoms in total. The first-order valence-corrected chi connectivity index (χ1v) is 5.65. The number of halogens is 1. The number of rotatable bonds is 2. The van der Waals surface area contributed by atoms with Crippen molar-refractivity contribution in [1.82, 2.24) is 10.2 Å². The molecule has 1 heterocycles. The highest BCUT2D eigenvalue weighted by atomic mass is 79.9. The van der Waals surface area contributed by atoms with E-state index in [-0.39, 0.29) is 22.7 Å². The molecule has 0 spiro atoms. The molecule has 0 aromatic rings. The van der Waals surface area contributed by atoms with Crippen LogP contribution in [0, 0.1) is 0 Å². The normalized spacial score (nSPS) is 23.4. The highest BCUT2D eigenvalue weighted by Gasteiger charge is 2.34. The zero-order valence-corrected chi connectivity index (χ0v) is 10.0. The fraction of sp³-hybridized carbons (Fsp3) is 0.778. The molecule has 0 unspecified atom stereocenters. The largest absolute Gasteiger partial charge is 0.357 e. The Hall–Kier alpha value is -0.580. The summed E-state index contributed by atoms with van der Waals surface area (Å²) in [6.45, 7) is 2.47. The molecule has 2 atom stereocenters. The Morgan fingerprint density at radius 2 is 2.21 bits per heavy atom. The summed E-state index contributed by atoms with van der Waals surface area (Å²) in [5.74, 6) is -0.0694. The van der Waals surface area contributed by atoms with Crippen LogP contribution >= 0.6 is 15.9 Å². The van der Waals surface area contributed by atoms with Crippen LogP contribution in [0.2, 0.25) is 0 Å². The molecule has 0 radical (unpaired) electrons. The zero-order valence-electron chi connectivity index (χ0n) is 8.42. The molecule has 1 N–H and O–H groups in total. The minimum atomic E-state index is -0.271. The third kappa shape index (κ3) is 2.26. The maximum absolute atomic E-state index is 11.7. The van der Waals surface area contributed by atoms with E-state index in [4.69, 9.17) is 0 Å². The average molecular weight is 263 g/mol. The lowest BCUT2D eigenvalue weighted by Crippen LogP contribution is -2.46. The van der Waals surface area contributed by atoms with Crippen molar-refractivity contribution in [3.8, 4) is 0 Å². The molecule has 14 heavy (non-hydrogen) atoms. The van der Waals surface area contributed by atoms with E-state index in [9.17, 15) is 9.59 Å². The van der Waals surface area contributed by atoms with Gasteiger partial charge in [0.25, 0.3) is 0 Å². The van der Waals surface area contributed by atoms with E-state index >= 15 is 0 Å². The molecule has 1 saturated heterocycles. The van der Waals surface area contributed by atoms with Gasteiger partial charge in [-0.05, 0) is 19.8 Å². The molecule has 80 valence electrons. The summed E-state index contributed by atoms with van der Waals surface area (Å²) in [5.41, 5.74) is 0. The highest BCUT2D eigenvalue weighted by molar-refractivity contribution is 9.10. The fourth-order valence-electron chi connectivity index (χ4n) is 1.70. The van der Waals surface area contributed by atoms with Crippen LogP contribution in [0.3, 0.4) is 0 Å². The summed E-state index contributed by atoms with van der Waals surface area (Å²) in [5, 5.41) is 2.58. The molecule has 1 rings (SSSR count).